The first-order valence-electron chi connectivity index (χ1n) is 17.0. The number of furan rings is 2. The molecule has 7 aromatic carbocycles. The van der Waals surface area contributed by atoms with Gasteiger partial charge in [0.15, 0.2) is 0 Å². The summed E-state index contributed by atoms with van der Waals surface area (Å²) in [6.07, 6.45) is 1.80. The van der Waals surface area contributed by atoms with Gasteiger partial charge in [0.25, 0.3) is 0 Å². The molecule has 238 valence electrons. The van der Waals surface area contributed by atoms with E-state index in [-0.39, 0.29) is 0 Å². The number of hydrogen-bond acceptors (Lipinski definition) is 5. The Morgan fingerprint density at radius 1 is 0.451 bits per heavy atom. The van der Waals surface area contributed by atoms with Crippen LogP contribution in [-0.4, -0.2) is 9.97 Å². The van der Waals surface area contributed by atoms with E-state index in [0.717, 1.165) is 71.9 Å². The first kappa shape index (κ1) is 28.3. The number of rotatable bonds is 4. The Morgan fingerprint density at radius 3 is 1.96 bits per heavy atom. The van der Waals surface area contributed by atoms with E-state index in [0.29, 0.717) is 5.71 Å². The van der Waals surface area contributed by atoms with Gasteiger partial charge in [-0.2, -0.15) is 0 Å². The zero-order chi connectivity index (χ0) is 33.5. The van der Waals surface area contributed by atoms with Crippen LogP contribution in [0.4, 0.5) is 0 Å². The zero-order valence-electron chi connectivity index (χ0n) is 27.1. The highest BCUT2D eigenvalue weighted by molar-refractivity contribution is 7.26. The van der Waals surface area contributed by atoms with Gasteiger partial charge in [0.05, 0.1) is 11.9 Å². The van der Waals surface area contributed by atoms with Crippen LogP contribution >= 0.6 is 11.3 Å². The Morgan fingerprint density at radius 2 is 1.10 bits per heavy atom. The summed E-state index contributed by atoms with van der Waals surface area (Å²) in [5, 5.41) is 5.82. The molecule has 0 saturated carbocycles. The van der Waals surface area contributed by atoms with Crippen LogP contribution in [0.2, 0.25) is 0 Å². The lowest BCUT2D eigenvalue weighted by molar-refractivity contribution is 0.653. The highest BCUT2D eigenvalue weighted by Gasteiger charge is 2.16. The Hall–Kier alpha value is -6.56. The van der Waals surface area contributed by atoms with Crippen LogP contribution in [0.15, 0.2) is 167 Å². The second-order valence-corrected chi connectivity index (χ2v) is 14.0. The predicted molar refractivity (Wildman–Crippen MR) is 211 cm³/mol. The molecular formula is C46H26N2O2S. The third-order valence-corrected chi connectivity index (χ3v) is 11.2. The summed E-state index contributed by atoms with van der Waals surface area (Å²) < 4.78 is 15.1. The number of thiophene rings is 1. The van der Waals surface area contributed by atoms with Gasteiger partial charge in [-0.25, -0.2) is 9.97 Å². The fraction of sp³-hybridized carbons (Fsp3) is 0. The van der Waals surface area contributed by atoms with Crippen molar-refractivity contribution in [1.29, 1.82) is 0 Å². The van der Waals surface area contributed by atoms with Gasteiger partial charge in [0.1, 0.15) is 22.3 Å². The molecule has 4 aromatic heterocycles. The van der Waals surface area contributed by atoms with Gasteiger partial charge in [-0.15, -0.1) is 11.3 Å². The van der Waals surface area contributed by atoms with Crippen molar-refractivity contribution in [2.45, 2.75) is 0 Å². The molecule has 0 unspecified atom stereocenters. The van der Waals surface area contributed by atoms with Crippen LogP contribution in [0.1, 0.15) is 0 Å². The Balaban J connectivity index is 0.932. The molecule has 0 aliphatic carbocycles. The smallest absolute Gasteiger partial charge is 0.246 e. The molecule has 0 spiro atoms. The molecule has 0 amide bonds. The summed E-state index contributed by atoms with van der Waals surface area (Å²) in [5.41, 5.74) is 12.5. The summed E-state index contributed by atoms with van der Waals surface area (Å²) in [5.74, 6) is 0. The monoisotopic (exact) mass is 670 g/mol. The van der Waals surface area contributed by atoms with E-state index in [1.807, 2.05) is 29.5 Å². The van der Waals surface area contributed by atoms with E-state index >= 15 is 0 Å². The van der Waals surface area contributed by atoms with Crippen molar-refractivity contribution in [2.75, 3.05) is 0 Å². The normalized spacial score (nSPS) is 11.9. The molecule has 0 fully saturated rings. The Labute approximate surface area is 295 Å². The third kappa shape index (κ3) is 4.45. The fourth-order valence-electron chi connectivity index (χ4n) is 7.47. The van der Waals surface area contributed by atoms with Crippen molar-refractivity contribution < 1.29 is 8.83 Å². The summed E-state index contributed by atoms with van der Waals surface area (Å²) in [6, 6.07) is 53.3. The summed E-state index contributed by atoms with van der Waals surface area (Å²) in [7, 11) is 0. The van der Waals surface area contributed by atoms with Crippen molar-refractivity contribution in [1.82, 2.24) is 9.97 Å². The summed E-state index contributed by atoms with van der Waals surface area (Å²) in [4.78, 5) is 9.78. The first-order chi connectivity index (χ1) is 25.2. The van der Waals surface area contributed by atoms with Crippen molar-refractivity contribution in [3.63, 3.8) is 0 Å². The van der Waals surface area contributed by atoms with Crippen molar-refractivity contribution in [2.24, 2.45) is 0 Å². The lowest BCUT2D eigenvalue weighted by atomic mass is 9.98. The average Bonchev–Trinajstić information content (AvgIpc) is 3.89. The number of hydrogen-bond donors (Lipinski definition) is 0. The van der Waals surface area contributed by atoms with E-state index in [9.17, 15) is 0 Å². The molecule has 51 heavy (non-hydrogen) atoms. The van der Waals surface area contributed by atoms with Gasteiger partial charge < -0.3 is 8.83 Å². The lowest BCUT2D eigenvalue weighted by Gasteiger charge is -2.06. The highest BCUT2D eigenvalue weighted by atomic mass is 32.1. The first-order valence-corrected chi connectivity index (χ1v) is 17.8. The summed E-state index contributed by atoms with van der Waals surface area (Å²) in [6.45, 7) is 0. The van der Waals surface area contributed by atoms with Gasteiger partial charge in [0.2, 0.25) is 5.71 Å². The molecule has 0 aliphatic heterocycles. The molecule has 0 aliphatic rings. The molecule has 5 heteroatoms. The largest absolute Gasteiger partial charge is 0.455 e. The van der Waals surface area contributed by atoms with Crippen LogP contribution < -0.4 is 0 Å². The number of nitrogens with zero attached hydrogens (tertiary/aromatic N) is 2. The van der Waals surface area contributed by atoms with E-state index in [1.54, 1.807) is 6.20 Å². The second-order valence-electron chi connectivity index (χ2n) is 12.9. The predicted octanol–water partition coefficient (Wildman–Crippen LogP) is 13.3. The maximum absolute atomic E-state index is 6.30. The van der Waals surface area contributed by atoms with Crippen molar-refractivity contribution in [3.05, 3.63) is 158 Å². The van der Waals surface area contributed by atoms with Gasteiger partial charge in [-0.05, 0) is 52.1 Å². The van der Waals surface area contributed by atoms with Crippen LogP contribution in [0.5, 0.6) is 0 Å². The van der Waals surface area contributed by atoms with E-state index in [4.69, 9.17) is 18.8 Å². The molecule has 11 aromatic rings. The van der Waals surface area contributed by atoms with Crippen molar-refractivity contribution in [3.8, 4) is 44.6 Å². The standard InChI is InChI=1S/C46H26N2O2S/c1-3-13-40-34(7-1)36-11-5-9-32(44(36)49-40)28-17-15-27(16-18-28)31-23-24-41-38(25-31)43-46(50-41)47-26-39(48-43)30-21-19-29(20-22-30)33-10-6-12-37-35-8-2-4-14-42(35)51-45(33)37/h1-26H. The maximum atomic E-state index is 6.30. The van der Waals surface area contributed by atoms with Gasteiger partial charge >= 0.3 is 0 Å². The van der Waals surface area contributed by atoms with Gasteiger partial charge in [0, 0.05) is 47.5 Å². The van der Waals surface area contributed by atoms with Gasteiger partial charge in [-0.3, -0.25) is 0 Å². The summed E-state index contributed by atoms with van der Waals surface area (Å²) >= 11 is 1.85. The maximum Gasteiger partial charge on any atom is 0.246 e. The number of benzene rings is 7. The molecular weight excluding hydrogens is 645 g/mol. The highest BCUT2D eigenvalue weighted by Crippen LogP contribution is 2.41. The van der Waals surface area contributed by atoms with Crippen LogP contribution in [0.25, 0.3) is 109 Å². The zero-order valence-corrected chi connectivity index (χ0v) is 27.9. The Kier molecular flexibility index (Phi) is 6.09. The van der Waals surface area contributed by atoms with E-state index in [2.05, 4.69) is 133 Å². The number of para-hydroxylation sites is 2. The van der Waals surface area contributed by atoms with Crippen LogP contribution in [0.3, 0.4) is 0 Å². The van der Waals surface area contributed by atoms with Gasteiger partial charge in [-0.1, -0.05) is 127 Å². The average molecular weight is 671 g/mol. The minimum absolute atomic E-state index is 0.535. The molecule has 0 N–H and O–H groups in total. The number of fused-ring (bicyclic) bond motifs is 9. The Bertz CT molecular complexity index is 2920. The molecule has 0 radical (unpaired) electrons. The van der Waals surface area contributed by atoms with Crippen LogP contribution in [-0.2, 0) is 0 Å². The van der Waals surface area contributed by atoms with Crippen molar-refractivity contribution >= 4 is 75.6 Å². The topological polar surface area (TPSA) is 52.1 Å². The van der Waals surface area contributed by atoms with E-state index < -0.39 is 0 Å². The lowest BCUT2D eigenvalue weighted by Crippen LogP contribution is -1.87. The molecule has 4 nitrogen and oxygen atoms in total. The molecule has 0 bridgehead atoms. The SMILES string of the molecule is c1ccc2c(c1)oc1c(-c3ccc(-c4ccc5oc6ncc(-c7ccc(-c8cccc9c8sc8ccccc89)cc7)nc6c5c4)cc3)cccc12. The molecule has 0 atom stereocenters. The minimum Gasteiger partial charge on any atom is -0.455 e. The quantitative estimate of drug-likeness (QED) is 0.187. The second kappa shape index (κ2) is 11.0. The molecule has 11 rings (SSSR count). The molecule has 0 saturated heterocycles. The fourth-order valence-corrected chi connectivity index (χ4v) is 8.71. The van der Waals surface area contributed by atoms with Crippen LogP contribution in [0, 0.1) is 0 Å². The molecule has 4 heterocycles. The van der Waals surface area contributed by atoms with E-state index in [1.165, 1.54) is 31.3 Å². The third-order valence-electron chi connectivity index (χ3n) is 10.0. The number of aromatic nitrogens is 2. The minimum atomic E-state index is 0.535.